The summed E-state index contributed by atoms with van der Waals surface area (Å²) in [4.78, 5) is 21.7. The molecule has 0 saturated carbocycles. The SMILES string of the molecule is O=C(/C=C/c1ccccc1)c1ccccc1.O=Cc1ccccc1. The molecular weight excluding hydrogens is 296 g/mol. The number of carbonyl (C=O) groups excluding carboxylic acids is 2. The number of hydrogen-bond donors (Lipinski definition) is 0. The van der Waals surface area contributed by atoms with Crippen molar-refractivity contribution in [1.29, 1.82) is 0 Å². The van der Waals surface area contributed by atoms with Crippen molar-refractivity contribution in [1.82, 2.24) is 0 Å². The van der Waals surface area contributed by atoms with Gasteiger partial charge in [0.15, 0.2) is 5.78 Å². The normalized spacial score (nSPS) is 9.83. The van der Waals surface area contributed by atoms with E-state index in [0.717, 1.165) is 23.0 Å². The Morgan fingerprint density at radius 3 is 1.54 bits per heavy atom. The van der Waals surface area contributed by atoms with Crippen molar-refractivity contribution >= 4 is 18.1 Å². The summed E-state index contributed by atoms with van der Waals surface area (Å²) in [6, 6.07) is 28.2. The smallest absolute Gasteiger partial charge is 0.185 e. The van der Waals surface area contributed by atoms with E-state index in [1.165, 1.54) is 0 Å². The average Bonchev–Trinajstić information content (AvgIpc) is 2.69. The molecule has 24 heavy (non-hydrogen) atoms. The Labute approximate surface area is 142 Å². The van der Waals surface area contributed by atoms with Crippen LogP contribution in [0.4, 0.5) is 0 Å². The zero-order chi connectivity index (χ0) is 17.0. The third-order valence-corrected chi connectivity index (χ3v) is 3.22. The van der Waals surface area contributed by atoms with Crippen molar-refractivity contribution in [3.8, 4) is 0 Å². The molecule has 0 saturated heterocycles. The van der Waals surface area contributed by atoms with Gasteiger partial charge in [0.05, 0.1) is 0 Å². The van der Waals surface area contributed by atoms with Gasteiger partial charge in [0.2, 0.25) is 0 Å². The standard InChI is InChI=1S/C15H12O.C7H6O/c16-15(14-9-5-2-6-10-14)12-11-13-7-3-1-4-8-13;8-6-7-4-2-1-3-5-7/h1-12H;1-6H/b12-11+;. The second-order valence-electron chi connectivity index (χ2n) is 5.00. The molecule has 0 radical (unpaired) electrons. The van der Waals surface area contributed by atoms with Gasteiger partial charge in [-0.25, -0.2) is 0 Å². The lowest BCUT2D eigenvalue weighted by molar-refractivity contribution is 0.104. The zero-order valence-corrected chi connectivity index (χ0v) is 13.2. The van der Waals surface area contributed by atoms with Crippen LogP contribution in [-0.2, 0) is 0 Å². The lowest BCUT2D eigenvalue weighted by Crippen LogP contribution is -1.92. The van der Waals surface area contributed by atoms with Crippen LogP contribution in [0.2, 0.25) is 0 Å². The molecule has 118 valence electrons. The highest BCUT2D eigenvalue weighted by atomic mass is 16.1. The number of aldehydes is 1. The van der Waals surface area contributed by atoms with Crippen LogP contribution in [-0.4, -0.2) is 12.1 Å². The summed E-state index contributed by atoms with van der Waals surface area (Å²) in [5, 5.41) is 0. The Morgan fingerprint density at radius 1 is 0.625 bits per heavy atom. The minimum absolute atomic E-state index is 0.0319. The first-order valence-corrected chi connectivity index (χ1v) is 7.62. The van der Waals surface area contributed by atoms with Crippen LogP contribution in [0.15, 0.2) is 97.1 Å². The highest BCUT2D eigenvalue weighted by molar-refractivity contribution is 6.06. The second-order valence-corrected chi connectivity index (χ2v) is 5.00. The van der Waals surface area contributed by atoms with Gasteiger partial charge in [-0.2, -0.15) is 0 Å². The Hall–Kier alpha value is -3.26. The quantitative estimate of drug-likeness (QED) is 0.382. The van der Waals surface area contributed by atoms with Crippen molar-refractivity contribution < 1.29 is 9.59 Å². The number of hydrogen-bond acceptors (Lipinski definition) is 2. The van der Waals surface area contributed by atoms with Gasteiger partial charge in [-0.3, -0.25) is 9.59 Å². The molecule has 0 bridgehead atoms. The summed E-state index contributed by atoms with van der Waals surface area (Å²) >= 11 is 0. The van der Waals surface area contributed by atoms with Gasteiger partial charge in [-0.05, 0) is 11.6 Å². The largest absolute Gasteiger partial charge is 0.298 e. The molecule has 0 heterocycles. The molecule has 0 amide bonds. The predicted molar refractivity (Wildman–Crippen MR) is 98.1 cm³/mol. The number of ketones is 1. The zero-order valence-electron chi connectivity index (χ0n) is 13.2. The number of allylic oxidation sites excluding steroid dienone is 1. The van der Waals surface area contributed by atoms with E-state index in [4.69, 9.17) is 0 Å². The first-order chi connectivity index (χ1) is 11.8. The van der Waals surface area contributed by atoms with Gasteiger partial charge >= 0.3 is 0 Å². The molecule has 0 aliphatic heterocycles. The number of carbonyl (C=O) groups is 2. The van der Waals surface area contributed by atoms with E-state index in [2.05, 4.69) is 0 Å². The van der Waals surface area contributed by atoms with E-state index in [-0.39, 0.29) is 5.78 Å². The summed E-state index contributed by atoms with van der Waals surface area (Å²) in [7, 11) is 0. The van der Waals surface area contributed by atoms with Crippen LogP contribution in [0.3, 0.4) is 0 Å². The fourth-order valence-corrected chi connectivity index (χ4v) is 1.97. The minimum atomic E-state index is 0.0319. The van der Waals surface area contributed by atoms with Crippen LogP contribution in [0, 0.1) is 0 Å². The topological polar surface area (TPSA) is 34.1 Å². The van der Waals surface area contributed by atoms with Crippen LogP contribution >= 0.6 is 0 Å². The van der Waals surface area contributed by atoms with Crippen molar-refractivity contribution in [2.45, 2.75) is 0 Å². The van der Waals surface area contributed by atoms with Crippen molar-refractivity contribution in [3.63, 3.8) is 0 Å². The predicted octanol–water partition coefficient (Wildman–Crippen LogP) is 5.08. The van der Waals surface area contributed by atoms with Gasteiger partial charge in [0, 0.05) is 11.1 Å². The first-order valence-electron chi connectivity index (χ1n) is 7.62. The summed E-state index contributed by atoms with van der Waals surface area (Å²) in [6.07, 6.45) is 4.26. The maximum atomic E-state index is 11.7. The lowest BCUT2D eigenvalue weighted by Gasteiger charge is -1.94. The molecule has 3 aromatic carbocycles. The highest BCUT2D eigenvalue weighted by Crippen LogP contribution is 2.05. The summed E-state index contributed by atoms with van der Waals surface area (Å²) in [6.45, 7) is 0. The van der Waals surface area contributed by atoms with E-state index in [1.54, 1.807) is 18.2 Å². The van der Waals surface area contributed by atoms with E-state index < -0.39 is 0 Å². The Kier molecular flexibility index (Phi) is 6.91. The minimum Gasteiger partial charge on any atom is -0.298 e. The van der Waals surface area contributed by atoms with Crippen LogP contribution in [0.1, 0.15) is 26.3 Å². The van der Waals surface area contributed by atoms with E-state index >= 15 is 0 Å². The molecule has 3 rings (SSSR count). The molecule has 0 spiro atoms. The van der Waals surface area contributed by atoms with Crippen LogP contribution in [0.5, 0.6) is 0 Å². The molecule has 3 aromatic rings. The number of benzene rings is 3. The molecule has 0 aliphatic rings. The van der Waals surface area contributed by atoms with Crippen LogP contribution < -0.4 is 0 Å². The third-order valence-electron chi connectivity index (χ3n) is 3.22. The van der Waals surface area contributed by atoms with Gasteiger partial charge < -0.3 is 0 Å². The van der Waals surface area contributed by atoms with Crippen molar-refractivity contribution in [2.75, 3.05) is 0 Å². The fourth-order valence-electron chi connectivity index (χ4n) is 1.97. The highest BCUT2D eigenvalue weighted by Gasteiger charge is 1.98. The summed E-state index contributed by atoms with van der Waals surface area (Å²) < 4.78 is 0. The second kappa shape index (κ2) is 9.70. The van der Waals surface area contributed by atoms with Gasteiger partial charge in [-0.1, -0.05) is 97.1 Å². The lowest BCUT2D eigenvalue weighted by atomic mass is 10.1. The monoisotopic (exact) mass is 314 g/mol. The molecule has 0 N–H and O–H groups in total. The molecule has 0 fully saturated rings. The summed E-state index contributed by atoms with van der Waals surface area (Å²) in [5.41, 5.74) is 2.48. The summed E-state index contributed by atoms with van der Waals surface area (Å²) in [5.74, 6) is 0.0319. The molecular formula is C22H18O2. The van der Waals surface area contributed by atoms with Crippen molar-refractivity contribution in [2.24, 2.45) is 0 Å². The van der Waals surface area contributed by atoms with Gasteiger partial charge in [0.1, 0.15) is 6.29 Å². The Balaban J connectivity index is 0.000000219. The third kappa shape index (κ3) is 5.85. The van der Waals surface area contributed by atoms with Gasteiger partial charge in [-0.15, -0.1) is 0 Å². The van der Waals surface area contributed by atoms with E-state index in [0.29, 0.717) is 0 Å². The molecule has 0 unspecified atom stereocenters. The van der Waals surface area contributed by atoms with Crippen LogP contribution in [0.25, 0.3) is 6.08 Å². The Bertz CT molecular complexity index is 776. The molecule has 2 nitrogen and oxygen atoms in total. The first kappa shape index (κ1) is 17.1. The number of rotatable bonds is 4. The molecule has 0 aliphatic carbocycles. The Morgan fingerprint density at radius 2 is 1.08 bits per heavy atom. The van der Waals surface area contributed by atoms with Gasteiger partial charge in [0.25, 0.3) is 0 Å². The van der Waals surface area contributed by atoms with E-state index in [9.17, 15) is 9.59 Å². The van der Waals surface area contributed by atoms with E-state index in [1.807, 2.05) is 84.9 Å². The molecule has 0 aromatic heterocycles. The molecule has 0 atom stereocenters. The van der Waals surface area contributed by atoms with Crippen molar-refractivity contribution in [3.05, 3.63) is 114 Å². The maximum Gasteiger partial charge on any atom is 0.185 e. The molecule has 2 heteroatoms. The fraction of sp³-hybridized carbons (Fsp3) is 0. The average molecular weight is 314 g/mol. The maximum absolute atomic E-state index is 11.7.